The quantitative estimate of drug-likeness (QED) is 0.544. The largest absolute Gasteiger partial charge is 0.339 e. The van der Waals surface area contributed by atoms with E-state index >= 15 is 0 Å². The van der Waals surface area contributed by atoms with Crippen LogP contribution < -0.4 is 0 Å². The third kappa shape index (κ3) is 1.84. The highest BCUT2D eigenvalue weighted by Gasteiger charge is 2.11. The van der Waals surface area contributed by atoms with Gasteiger partial charge in [0.25, 0.3) is 0 Å². The molecule has 4 aromatic heterocycles. The smallest absolute Gasteiger partial charge is 0.213 e. The summed E-state index contributed by atoms with van der Waals surface area (Å²) in [5.74, 6) is -1.35. The Morgan fingerprint density at radius 1 is 1.00 bits per heavy atom. The van der Waals surface area contributed by atoms with Crippen molar-refractivity contribution in [3.63, 3.8) is 0 Å². The van der Waals surface area contributed by atoms with E-state index in [0.29, 0.717) is 11.3 Å². The average Bonchev–Trinajstić information content (AvgIpc) is 2.87. The fraction of sp³-hybridized carbons (Fsp3) is 0. The first-order valence-electron chi connectivity index (χ1n) is 6.26. The normalized spacial score (nSPS) is 11.3. The van der Waals surface area contributed by atoms with E-state index in [9.17, 15) is 8.78 Å². The van der Waals surface area contributed by atoms with E-state index in [1.165, 1.54) is 0 Å². The van der Waals surface area contributed by atoms with Gasteiger partial charge in [-0.2, -0.15) is 4.39 Å². The van der Waals surface area contributed by atoms with Crippen molar-refractivity contribution in [2.75, 3.05) is 0 Å². The highest BCUT2D eigenvalue weighted by Crippen LogP contribution is 2.27. The second-order valence-electron chi connectivity index (χ2n) is 4.63. The number of rotatable bonds is 1. The molecule has 0 saturated heterocycles. The molecule has 0 radical (unpaired) electrons. The predicted octanol–water partition coefficient (Wildman–Crippen LogP) is 3.45. The Hall–Kier alpha value is -2.89. The molecule has 0 unspecified atom stereocenters. The van der Waals surface area contributed by atoms with Crippen molar-refractivity contribution in [2.24, 2.45) is 0 Å². The number of halogens is 2. The van der Waals surface area contributed by atoms with Crippen LogP contribution in [-0.4, -0.2) is 19.9 Å². The van der Waals surface area contributed by atoms with Gasteiger partial charge in [0.2, 0.25) is 5.95 Å². The predicted molar refractivity (Wildman–Crippen MR) is 74.5 cm³/mol. The van der Waals surface area contributed by atoms with Gasteiger partial charge < -0.3 is 4.98 Å². The van der Waals surface area contributed by atoms with Crippen LogP contribution in [0.25, 0.3) is 33.2 Å². The lowest BCUT2D eigenvalue weighted by Crippen LogP contribution is -1.92. The first-order chi connectivity index (χ1) is 10.2. The molecule has 0 aromatic carbocycles. The van der Waals surface area contributed by atoms with Crippen molar-refractivity contribution in [2.45, 2.75) is 0 Å². The summed E-state index contributed by atoms with van der Waals surface area (Å²) < 4.78 is 27.0. The van der Waals surface area contributed by atoms with Crippen LogP contribution in [0.3, 0.4) is 0 Å². The highest BCUT2D eigenvalue weighted by atomic mass is 19.1. The Bertz CT molecular complexity index is 978. The molecule has 0 fully saturated rings. The van der Waals surface area contributed by atoms with Crippen LogP contribution >= 0.6 is 0 Å². The van der Waals surface area contributed by atoms with E-state index in [2.05, 4.69) is 19.9 Å². The summed E-state index contributed by atoms with van der Waals surface area (Å²) in [5, 5.41) is 1.82. The van der Waals surface area contributed by atoms with Crippen molar-refractivity contribution >= 4 is 21.9 Å². The summed E-state index contributed by atoms with van der Waals surface area (Å²) in [6, 6.07) is 6.34. The molecular formula is C15H8F2N4. The monoisotopic (exact) mass is 281 g/mol. The second-order valence-corrected chi connectivity index (χ2v) is 4.63. The number of fused-ring (bicyclic) bond motifs is 3. The molecule has 0 aliphatic heterocycles. The summed E-state index contributed by atoms with van der Waals surface area (Å²) in [4.78, 5) is 14.9. The molecule has 0 bridgehead atoms. The number of aromatic nitrogens is 4. The Morgan fingerprint density at radius 3 is 2.81 bits per heavy atom. The van der Waals surface area contributed by atoms with Crippen molar-refractivity contribution < 1.29 is 8.78 Å². The van der Waals surface area contributed by atoms with Gasteiger partial charge in [0.1, 0.15) is 5.65 Å². The molecule has 0 spiro atoms. The van der Waals surface area contributed by atoms with Crippen LogP contribution in [0, 0.1) is 11.8 Å². The zero-order chi connectivity index (χ0) is 14.4. The molecule has 4 nitrogen and oxygen atoms in total. The van der Waals surface area contributed by atoms with Gasteiger partial charge in [-0.05, 0) is 18.2 Å². The zero-order valence-corrected chi connectivity index (χ0v) is 10.6. The molecule has 0 atom stereocenters. The van der Waals surface area contributed by atoms with Gasteiger partial charge in [-0.3, -0.25) is 4.98 Å². The van der Waals surface area contributed by atoms with Gasteiger partial charge in [-0.15, -0.1) is 0 Å². The standard InChI is InChI=1S/C15H8F2N4/c16-11-7-19-14(17)5-9(11)12-2-1-8-10-6-18-4-3-13(10)21-15(8)20-12/h1-7H,(H,20,21)/i17-1. The molecule has 6 heteroatoms. The fourth-order valence-electron chi connectivity index (χ4n) is 2.38. The number of pyridine rings is 3. The molecule has 4 heterocycles. The van der Waals surface area contributed by atoms with E-state index in [-0.39, 0.29) is 5.56 Å². The number of nitrogens with one attached hydrogen (secondary N) is 1. The molecule has 0 amide bonds. The molecule has 21 heavy (non-hydrogen) atoms. The van der Waals surface area contributed by atoms with Crippen molar-refractivity contribution in [1.82, 2.24) is 19.9 Å². The van der Waals surface area contributed by atoms with E-state index in [1.54, 1.807) is 18.5 Å². The number of H-pyrrole nitrogens is 1. The van der Waals surface area contributed by atoms with E-state index in [0.717, 1.165) is 28.6 Å². The number of hydrogen-bond acceptors (Lipinski definition) is 3. The van der Waals surface area contributed by atoms with Crippen molar-refractivity contribution in [3.8, 4) is 11.3 Å². The maximum Gasteiger partial charge on any atom is 0.213 e. The molecule has 0 saturated carbocycles. The summed E-state index contributed by atoms with van der Waals surface area (Å²) in [5.41, 5.74) is 1.93. The van der Waals surface area contributed by atoms with Crippen LogP contribution in [0.1, 0.15) is 0 Å². The summed E-state index contributed by atoms with van der Waals surface area (Å²) >= 11 is 0. The third-order valence-corrected chi connectivity index (χ3v) is 3.36. The first-order valence-corrected chi connectivity index (χ1v) is 6.26. The van der Waals surface area contributed by atoms with E-state index < -0.39 is 11.8 Å². The minimum Gasteiger partial charge on any atom is -0.339 e. The lowest BCUT2D eigenvalue weighted by atomic mass is 10.1. The number of aromatic amines is 1. The lowest BCUT2D eigenvalue weighted by molar-refractivity contribution is 0.562. The Morgan fingerprint density at radius 2 is 1.90 bits per heavy atom. The topological polar surface area (TPSA) is 54.5 Å². The maximum absolute atomic E-state index is 13.8. The van der Waals surface area contributed by atoms with Gasteiger partial charge in [0, 0.05) is 34.8 Å². The third-order valence-electron chi connectivity index (χ3n) is 3.36. The highest BCUT2D eigenvalue weighted by molar-refractivity contribution is 6.05. The first kappa shape index (κ1) is 11.9. The van der Waals surface area contributed by atoms with Gasteiger partial charge in [0.05, 0.1) is 17.4 Å². The molecular weight excluding hydrogens is 273 g/mol. The van der Waals surface area contributed by atoms with Crippen molar-refractivity contribution in [1.29, 1.82) is 0 Å². The maximum atomic E-state index is 13.8. The SMILES string of the molecule is Fc1cnc([18F])cc1-c1ccc2c(n1)[nH]c1ccncc12. The summed E-state index contributed by atoms with van der Waals surface area (Å²) in [6.07, 6.45) is 4.27. The lowest BCUT2D eigenvalue weighted by Gasteiger charge is -2.02. The summed E-state index contributed by atoms with van der Waals surface area (Å²) in [7, 11) is 0. The van der Waals surface area contributed by atoms with Crippen LogP contribution in [0.2, 0.25) is 0 Å². The van der Waals surface area contributed by atoms with Crippen LogP contribution in [-0.2, 0) is 0 Å². The number of hydrogen-bond donors (Lipinski definition) is 1. The van der Waals surface area contributed by atoms with Crippen molar-refractivity contribution in [3.05, 3.63) is 54.6 Å². The van der Waals surface area contributed by atoms with Gasteiger partial charge >= 0.3 is 0 Å². The van der Waals surface area contributed by atoms with Crippen LogP contribution in [0.5, 0.6) is 0 Å². The molecule has 1 N–H and O–H groups in total. The zero-order valence-electron chi connectivity index (χ0n) is 10.6. The second kappa shape index (κ2) is 4.31. The van der Waals surface area contributed by atoms with E-state index in [1.807, 2.05) is 12.1 Å². The Labute approximate surface area is 117 Å². The molecule has 0 aliphatic carbocycles. The molecule has 102 valence electrons. The fourth-order valence-corrected chi connectivity index (χ4v) is 2.38. The van der Waals surface area contributed by atoms with Crippen LogP contribution in [0.4, 0.5) is 8.78 Å². The minimum atomic E-state index is -0.742. The van der Waals surface area contributed by atoms with Gasteiger partial charge in [-0.1, -0.05) is 0 Å². The average molecular weight is 281 g/mol. The Balaban J connectivity index is 1.98. The molecule has 4 rings (SSSR count). The van der Waals surface area contributed by atoms with Gasteiger partial charge in [0.15, 0.2) is 5.82 Å². The summed E-state index contributed by atoms with van der Waals surface area (Å²) in [6.45, 7) is 0. The van der Waals surface area contributed by atoms with Crippen LogP contribution in [0.15, 0.2) is 42.9 Å². The number of nitrogens with zero attached hydrogens (tertiary/aromatic N) is 3. The Kier molecular flexibility index (Phi) is 2.44. The minimum absolute atomic E-state index is 0.0844. The molecule has 4 aromatic rings. The molecule has 0 aliphatic rings. The van der Waals surface area contributed by atoms with E-state index in [4.69, 9.17) is 0 Å². The van der Waals surface area contributed by atoms with Gasteiger partial charge in [-0.25, -0.2) is 14.4 Å².